The molecular weight excluding hydrogens is 1720 g/mol. The van der Waals surface area contributed by atoms with Gasteiger partial charge in [0.1, 0.15) is 52.7 Å². The van der Waals surface area contributed by atoms with Crippen molar-refractivity contribution in [1.29, 1.82) is 0 Å². The van der Waals surface area contributed by atoms with Crippen LogP contribution in [0.1, 0.15) is 42.3 Å². The maximum atomic E-state index is 9.14. The summed E-state index contributed by atoms with van der Waals surface area (Å²) in [6.45, 7) is 2.22. The van der Waals surface area contributed by atoms with Gasteiger partial charge in [0.05, 0.1) is 33.5 Å². The number of hydrogen-bond donors (Lipinski definition) is 4. The molecule has 0 aliphatic rings. The zero-order valence-corrected chi connectivity index (χ0v) is 65.9. The molecule has 0 saturated heterocycles. The highest BCUT2D eigenvalue weighted by molar-refractivity contribution is 7.99. The van der Waals surface area contributed by atoms with E-state index in [1.807, 2.05) is 41.1 Å². The van der Waals surface area contributed by atoms with Crippen molar-refractivity contribution in [2.75, 3.05) is 75.8 Å². The molecule has 0 bridgehead atoms. The van der Waals surface area contributed by atoms with Gasteiger partial charge in [0.25, 0.3) is 20.0 Å². The number of fused-ring (bicyclic) bond motifs is 4. The standard InChI is InChI=1S/C20H23N2O2S.C19H21N2OS.C18H18NOS2.C17H16NOS.4HI/c1-21-18-4-2-3-5-19(18)25-20(21)11-8-16-6-9-17(10-7-16)22(12-14-23)13-15-24;1-20(13-14-22)16-10-7-15(8-11-16)9-12-19-21(2)17-5-3-4-6-18(17)23-19;1-19-16-4-2-3-5-17(16)22-18(19)11-8-14-6-9-15(10-7-14)21-13-12-20;1-18-15-5-3-4-6-16(15)20-17(18)12-9-13-7-10-14(19-2)11-8-13;;;;/h2-11,23-24H,12-15H2,1H3;3-12,22H,13-14H2,1-2H3;2-11,20H,12-13H2,1H3;3-12H,1-2H3;4*1H/q4*+1;;;;/p-4/b;;11-8+;12-9+;;;;. The fraction of sp³-hybridized carbons (Fsp3) is 0.189. The lowest BCUT2D eigenvalue weighted by Gasteiger charge is -2.22. The Morgan fingerprint density at radius 3 is 0.968 bits per heavy atom. The number of thiazole rings is 4. The number of ether oxygens (including phenoxy) is 1. The number of aliphatic hydroxyl groups excluding tert-OH is 4. The number of rotatable bonds is 20. The second kappa shape index (κ2) is 41.1. The summed E-state index contributed by atoms with van der Waals surface area (Å²) in [5, 5.41) is 41.0. The van der Waals surface area contributed by atoms with Crippen molar-refractivity contribution in [2.24, 2.45) is 28.2 Å². The van der Waals surface area contributed by atoms with Gasteiger partial charge in [0, 0.05) is 97.3 Å². The first-order chi connectivity index (χ1) is 44.0. The maximum Gasteiger partial charge on any atom is 0.262 e. The first-order valence-corrected chi connectivity index (χ1v) is 33.9. The number of nitrogens with zero attached hydrogens (tertiary/aromatic N) is 6. The minimum absolute atomic E-state index is 0. The van der Waals surface area contributed by atoms with Crippen LogP contribution in [0.4, 0.5) is 11.4 Å². The van der Waals surface area contributed by atoms with Gasteiger partial charge in [-0.15, -0.1) is 11.8 Å². The Balaban J connectivity index is 0.000000224. The highest BCUT2D eigenvalue weighted by Crippen LogP contribution is 2.27. The van der Waals surface area contributed by atoms with Crippen LogP contribution >= 0.6 is 57.1 Å². The highest BCUT2D eigenvalue weighted by atomic mass is 127. The second-order valence-corrected chi connectivity index (χ2v) is 26.3. The van der Waals surface area contributed by atoms with Gasteiger partial charge in [0.2, 0.25) is 22.1 Å². The summed E-state index contributed by atoms with van der Waals surface area (Å²) >= 11 is 8.85. The van der Waals surface area contributed by atoms with Crippen molar-refractivity contribution in [3.63, 3.8) is 0 Å². The van der Waals surface area contributed by atoms with Crippen LogP contribution in [-0.4, -0.2) is 86.4 Å². The predicted octanol–water partition coefficient (Wildman–Crippen LogP) is 1.91. The van der Waals surface area contributed by atoms with Crippen LogP contribution in [0.2, 0.25) is 0 Å². The third kappa shape index (κ3) is 22.2. The number of aromatic nitrogens is 4. The Morgan fingerprint density at radius 1 is 0.372 bits per heavy atom. The van der Waals surface area contributed by atoms with Crippen molar-refractivity contribution in [3.8, 4) is 5.75 Å². The molecule has 8 aromatic carbocycles. The van der Waals surface area contributed by atoms with E-state index in [1.165, 1.54) is 82.5 Å². The number of benzene rings is 8. The summed E-state index contributed by atoms with van der Waals surface area (Å²) < 4.78 is 19.2. The Bertz CT molecular complexity index is 4360. The number of methoxy groups -OCH3 is 1. The average molecular weight is 1800 g/mol. The van der Waals surface area contributed by atoms with Gasteiger partial charge in [-0.05, 0) is 119 Å². The predicted molar refractivity (Wildman–Crippen MR) is 385 cm³/mol. The van der Waals surface area contributed by atoms with Gasteiger partial charge in [-0.1, -0.05) is 142 Å². The van der Waals surface area contributed by atoms with E-state index >= 15 is 0 Å². The fourth-order valence-corrected chi connectivity index (χ4v) is 14.7. The van der Waals surface area contributed by atoms with Crippen LogP contribution in [0.15, 0.2) is 199 Å². The summed E-state index contributed by atoms with van der Waals surface area (Å²) in [7, 11) is 12.1. The van der Waals surface area contributed by atoms with Crippen molar-refractivity contribution in [1.82, 2.24) is 0 Å². The number of thioether (sulfide) groups is 1. The van der Waals surface area contributed by atoms with Crippen LogP contribution in [0.25, 0.3) is 89.5 Å². The Hall–Kier alpha value is -5.21. The second-order valence-electron chi connectivity index (χ2n) is 20.9. The number of hydrogen-bond acceptors (Lipinski definition) is 12. The van der Waals surface area contributed by atoms with E-state index in [0.29, 0.717) is 19.6 Å². The van der Waals surface area contributed by atoms with Crippen LogP contribution in [-0.2, 0) is 28.2 Å². The molecule has 0 fully saturated rings. The summed E-state index contributed by atoms with van der Waals surface area (Å²) in [6, 6.07) is 66.8. The average Bonchev–Trinajstić information content (AvgIpc) is 1.71. The molecular formula is C74H78I4N6O5S5. The van der Waals surface area contributed by atoms with Crippen LogP contribution in [0.5, 0.6) is 5.75 Å². The van der Waals surface area contributed by atoms with E-state index in [1.54, 1.807) is 64.2 Å². The Kier molecular flexibility index (Phi) is 34.8. The normalized spacial score (nSPS) is 11.0. The molecule has 0 spiro atoms. The zero-order chi connectivity index (χ0) is 63.2. The minimum atomic E-state index is 0. The molecule has 0 amide bonds. The molecule has 0 aliphatic carbocycles. The molecule has 4 N–H and O–H groups in total. The first-order valence-electron chi connectivity index (χ1n) is 29.7. The lowest BCUT2D eigenvalue weighted by Crippen LogP contribution is -3.00. The molecule has 0 atom stereocenters. The van der Waals surface area contributed by atoms with Gasteiger partial charge >= 0.3 is 0 Å². The number of para-hydroxylation sites is 4. The summed E-state index contributed by atoms with van der Waals surface area (Å²) in [5.41, 5.74) is 11.8. The Morgan fingerprint density at radius 2 is 0.670 bits per heavy atom. The molecule has 20 heteroatoms. The minimum Gasteiger partial charge on any atom is -1.00 e. The third-order valence-electron chi connectivity index (χ3n) is 14.9. The Labute approximate surface area is 641 Å². The maximum absolute atomic E-state index is 9.14. The van der Waals surface area contributed by atoms with Crippen LogP contribution in [0.3, 0.4) is 0 Å². The summed E-state index contributed by atoms with van der Waals surface area (Å²) in [5.74, 6) is 1.63. The van der Waals surface area contributed by atoms with Gasteiger partial charge in [0.15, 0.2) is 0 Å². The van der Waals surface area contributed by atoms with E-state index in [0.717, 1.165) is 28.4 Å². The quantitative estimate of drug-likeness (QED) is 0.0522. The summed E-state index contributed by atoms with van der Waals surface area (Å²) in [6.07, 6.45) is 17.1. The largest absolute Gasteiger partial charge is 1.00 e. The molecule has 0 saturated carbocycles. The third-order valence-corrected chi connectivity index (χ3v) is 20.6. The van der Waals surface area contributed by atoms with E-state index in [4.69, 9.17) is 25.2 Å². The summed E-state index contributed by atoms with van der Waals surface area (Å²) in [4.78, 5) is 5.21. The van der Waals surface area contributed by atoms with Gasteiger partial charge in [-0.25, -0.2) is 0 Å². The SMILES string of the molecule is CN(CCO)c1ccc(/C=C/c2sc3ccccc3[n+]2C)cc1.COc1ccc(/C=C/c2sc3ccccc3[n+]2C)cc1.C[n+]1c(/C=C/c2ccc(N(CCO)CCO)cc2)sc2ccccc21.C[n+]1c(/C=C/c2ccc(SCCO)cc2)sc2ccccc21.[I-].[I-].[I-].[I-]. The van der Waals surface area contributed by atoms with Crippen LogP contribution < -0.4 is 129 Å². The van der Waals surface area contributed by atoms with Gasteiger partial charge in [-0.3, -0.25) is 0 Å². The zero-order valence-electron chi connectivity index (χ0n) is 53.2. The number of aryl methyl sites for hydroxylation is 4. The van der Waals surface area contributed by atoms with E-state index in [9.17, 15) is 0 Å². The molecule has 12 rings (SSSR count). The number of likely N-dealkylation sites (N-methyl/N-ethyl adjacent to an activating group) is 1. The van der Waals surface area contributed by atoms with Crippen molar-refractivity contribution in [2.45, 2.75) is 4.90 Å². The van der Waals surface area contributed by atoms with Crippen LogP contribution in [0, 0.1) is 0 Å². The van der Waals surface area contributed by atoms with E-state index < -0.39 is 0 Å². The monoisotopic (exact) mass is 1800 g/mol. The molecule has 11 nitrogen and oxygen atoms in total. The molecule has 4 aromatic heterocycles. The topological polar surface area (TPSA) is 112 Å². The van der Waals surface area contributed by atoms with Crippen molar-refractivity contribution >= 4 is 158 Å². The molecule has 4 heterocycles. The fourth-order valence-electron chi connectivity index (χ4n) is 9.82. The smallest absolute Gasteiger partial charge is 0.262 e. The van der Waals surface area contributed by atoms with Gasteiger partial charge in [-0.2, -0.15) is 18.3 Å². The van der Waals surface area contributed by atoms with Crippen molar-refractivity contribution < 1.29 is 139 Å². The molecule has 94 heavy (non-hydrogen) atoms. The van der Waals surface area contributed by atoms with Crippen molar-refractivity contribution in [3.05, 3.63) is 236 Å². The van der Waals surface area contributed by atoms with E-state index in [2.05, 4.69) is 265 Å². The number of aliphatic hydroxyl groups is 4. The van der Waals surface area contributed by atoms with Gasteiger partial charge < -0.3 is 131 Å². The molecule has 0 unspecified atom stereocenters. The van der Waals surface area contributed by atoms with E-state index in [-0.39, 0.29) is 122 Å². The first kappa shape index (κ1) is 79.5. The lowest BCUT2D eigenvalue weighted by molar-refractivity contribution is -0.642. The molecule has 12 aromatic rings. The number of halogens is 4. The molecule has 492 valence electrons. The molecule has 0 aliphatic heterocycles. The molecule has 0 radical (unpaired) electrons. The number of anilines is 2. The lowest BCUT2D eigenvalue weighted by atomic mass is 10.2. The highest BCUT2D eigenvalue weighted by Gasteiger charge is 2.17.